The van der Waals surface area contributed by atoms with Gasteiger partial charge in [0, 0.05) is 0 Å². The number of hydrogen-bond acceptors (Lipinski definition) is 4. The van der Waals surface area contributed by atoms with Crippen LogP contribution in [0, 0.1) is 5.92 Å². The first-order valence-electron chi connectivity index (χ1n) is 4.71. The van der Waals surface area contributed by atoms with Crippen molar-refractivity contribution in [3.05, 3.63) is 0 Å². The maximum Gasteiger partial charge on any atom is 0.324 e. The third-order valence-electron chi connectivity index (χ3n) is 2.74. The lowest BCUT2D eigenvalue weighted by Crippen LogP contribution is -2.54. The molecule has 0 aromatic carbocycles. The van der Waals surface area contributed by atoms with E-state index in [1.807, 2.05) is 27.3 Å². The van der Waals surface area contributed by atoms with Crippen LogP contribution in [0.3, 0.4) is 0 Å². The minimum atomic E-state index is -0.761. The summed E-state index contributed by atoms with van der Waals surface area (Å²) in [5, 5.41) is 9.15. The summed E-state index contributed by atoms with van der Waals surface area (Å²) in [4.78, 5) is 12.9. The van der Waals surface area contributed by atoms with Crippen molar-refractivity contribution in [3.8, 4) is 0 Å². The van der Waals surface area contributed by atoms with E-state index in [1.165, 1.54) is 0 Å². The Kier molecular flexibility index (Phi) is 9.70. The molecule has 0 aromatic rings. The smallest absolute Gasteiger partial charge is 0.324 e. The third kappa shape index (κ3) is 4.66. The van der Waals surface area contributed by atoms with Crippen LogP contribution in [0.2, 0.25) is 0 Å². The lowest BCUT2D eigenvalue weighted by Gasteiger charge is -2.37. The van der Waals surface area contributed by atoms with Gasteiger partial charge < -0.3 is 5.11 Å². The Morgan fingerprint density at radius 1 is 1.53 bits per heavy atom. The number of likely N-dealkylation sites (N-methyl/N-ethyl adjacent to an activating group) is 1. The van der Waals surface area contributed by atoms with Gasteiger partial charge in [-0.25, -0.2) is 0 Å². The second kappa shape index (κ2) is 8.30. The minimum absolute atomic E-state index is 0.134. The van der Waals surface area contributed by atoms with Crippen molar-refractivity contribution in [1.29, 1.82) is 0 Å². The van der Waals surface area contributed by atoms with Crippen molar-refractivity contribution in [2.45, 2.75) is 19.4 Å². The highest BCUT2D eigenvalue weighted by molar-refractivity contribution is 7.98. The number of thioether (sulfide) groups is 1. The number of carboxylic acid groups (broad SMARTS) is 1. The normalized spacial score (nSPS) is 16.3. The fraction of sp³-hybridized carbons (Fsp3) is 0.900. The molecule has 0 bridgehead atoms. The van der Waals surface area contributed by atoms with Gasteiger partial charge >= 0.3 is 5.97 Å². The fourth-order valence-electron chi connectivity index (χ4n) is 1.26. The van der Waals surface area contributed by atoms with Gasteiger partial charge in [-0.2, -0.15) is 24.4 Å². The van der Waals surface area contributed by atoms with Crippen LogP contribution in [-0.2, 0) is 4.79 Å². The van der Waals surface area contributed by atoms with Crippen molar-refractivity contribution < 1.29 is 9.90 Å². The van der Waals surface area contributed by atoms with Gasteiger partial charge in [-0.3, -0.25) is 9.69 Å². The number of nitrogens with zero attached hydrogens (tertiary/aromatic N) is 1. The summed E-state index contributed by atoms with van der Waals surface area (Å²) in [6.07, 6.45) is 3.69. The Balaban J connectivity index is 0. The number of thiol groups is 1. The molecule has 0 fully saturated rings. The molecule has 0 spiro atoms. The molecule has 0 rings (SSSR count). The summed E-state index contributed by atoms with van der Waals surface area (Å²) in [7, 11) is 3.62. The quantitative estimate of drug-likeness (QED) is 0.735. The van der Waals surface area contributed by atoms with Crippen LogP contribution in [0.5, 0.6) is 0 Å². The molecule has 0 heterocycles. The number of hydrogen-bond donors (Lipinski definition) is 2. The van der Waals surface area contributed by atoms with Crippen LogP contribution < -0.4 is 0 Å². The van der Waals surface area contributed by atoms with Crippen molar-refractivity contribution >= 4 is 30.4 Å². The van der Waals surface area contributed by atoms with Crippen LogP contribution in [-0.4, -0.2) is 53.9 Å². The Morgan fingerprint density at radius 2 is 1.93 bits per heavy atom. The number of rotatable bonds is 5. The fourth-order valence-corrected chi connectivity index (χ4v) is 2.08. The van der Waals surface area contributed by atoms with E-state index in [1.54, 1.807) is 29.8 Å². The molecular formula is C10H23NO2S2. The standard InChI is InChI=1S/C9H19NO2S.CH4S/c1-7(6-13-5)9(2,8(11)12)10(3)4;1-2/h7H,6H2,1-5H3,(H,11,12);2H,1H3. The number of aliphatic carboxylic acids is 1. The van der Waals surface area contributed by atoms with E-state index >= 15 is 0 Å². The predicted molar refractivity (Wildman–Crippen MR) is 72.2 cm³/mol. The number of carbonyl (C=O) groups is 1. The van der Waals surface area contributed by atoms with Crippen LogP contribution in [0.4, 0.5) is 0 Å². The van der Waals surface area contributed by atoms with E-state index in [4.69, 9.17) is 5.11 Å². The van der Waals surface area contributed by atoms with Crippen LogP contribution >= 0.6 is 24.4 Å². The monoisotopic (exact) mass is 253 g/mol. The highest BCUT2D eigenvalue weighted by atomic mass is 32.2. The van der Waals surface area contributed by atoms with E-state index in [0.29, 0.717) is 0 Å². The van der Waals surface area contributed by atoms with E-state index < -0.39 is 11.5 Å². The molecule has 15 heavy (non-hydrogen) atoms. The summed E-state index contributed by atoms with van der Waals surface area (Å²) in [6.45, 7) is 3.75. The molecule has 5 heteroatoms. The molecule has 0 aromatic heterocycles. The van der Waals surface area contributed by atoms with Crippen LogP contribution in [0.15, 0.2) is 0 Å². The Labute approximate surface area is 103 Å². The lowest BCUT2D eigenvalue weighted by atomic mass is 9.87. The van der Waals surface area contributed by atoms with Crippen molar-refractivity contribution in [3.63, 3.8) is 0 Å². The molecule has 2 unspecified atom stereocenters. The van der Waals surface area contributed by atoms with Gasteiger partial charge in [-0.15, -0.1) is 0 Å². The van der Waals surface area contributed by atoms with Crippen LogP contribution in [0.1, 0.15) is 13.8 Å². The molecule has 0 radical (unpaired) electrons. The second-order valence-corrected chi connectivity index (χ2v) is 4.61. The Morgan fingerprint density at radius 3 is 2.13 bits per heavy atom. The molecule has 1 N–H and O–H groups in total. The van der Waals surface area contributed by atoms with Gasteiger partial charge in [-0.1, -0.05) is 6.92 Å². The highest BCUT2D eigenvalue weighted by Gasteiger charge is 2.40. The summed E-state index contributed by atoms with van der Waals surface area (Å²) in [5.74, 6) is 0.245. The molecule has 0 amide bonds. The lowest BCUT2D eigenvalue weighted by molar-refractivity contribution is -0.151. The second-order valence-electron chi connectivity index (χ2n) is 3.70. The average Bonchev–Trinajstić information content (AvgIpc) is 2.19. The van der Waals surface area contributed by atoms with Gasteiger partial charge in [0.2, 0.25) is 0 Å². The highest BCUT2D eigenvalue weighted by Crippen LogP contribution is 2.25. The molecule has 92 valence electrons. The van der Waals surface area contributed by atoms with E-state index in [-0.39, 0.29) is 5.92 Å². The Hall–Kier alpha value is 0.130. The first-order chi connectivity index (χ1) is 6.87. The molecule has 3 nitrogen and oxygen atoms in total. The molecule has 0 aliphatic carbocycles. The first-order valence-corrected chi connectivity index (χ1v) is 7.00. The number of carboxylic acids is 1. The van der Waals surface area contributed by atoms with Crippen molar-refractivity contribution in [2.24, 2.45) is 5.92 Å². The van der Waals surface area contributed by atoms with Gasteiger partial charge in [0.05, 0.1) is 0 Å². The van der Waals surface area contributed by atoms with E-state index in [2.05, 4.69) is 12.6 Å². The molecule has 0 saturated heterocycles. The summed E-state index contributed by atoms with van der Waals surface area (Å²) in [6, 6.07) is 0. The topological polar surface area (TPSA) is 40.5 Å². The third-order valence-corrected chi connectivity index (χ3v) is 3.57. The van der Waals surface area contributed by atoms with E-state index in [0.717, 1.165) is 5.75 Å². The Bertz CT molecular complexity index is 188. The summed E-state index contributed by atoms with van der Waals surface area (Å²) >= 11 is 5.21. The van der Waals surface area contributed by atoms with Crippen LogP contribution in [0.25, 0.3) is 0 Å². The predicted octanol–water partition coefficient (Wildman–Crippen LogP) is 1.94. The molecule has 0 saturated carbocycles. The SMILES string of the molecule is CS.CSCC(C)C(C)(C(=O)O)N(C)C. The average molecular weight is 253 g/mol. The summed E-state index contributed by atoms with van der Waals surface area (Å²) < 4.78 is 0. The zero-order valence-electron chi connectivity index (χ0n) is 10.4. The van der Waals surface area contributed by atoms with E-state index in [9.17, 15) is 4.79 Å². The van der Waals surface area contributed by atoms with Gasteiger partial charge in [0.15, 0.2) is 0 Å². The molecule has 0 aliphatic rings. The van der Waals surface area contributed by atoms with Gasteiger partial charge in [0.1, 0.15) is 5.54 Å². The molecule has 2 atom stereocenters. The maximum atomic E-state index is 11.1. The minimum Gasteiger partial charge on any atom is -0.480 e. The first kappa shape index (κ1) is 17.5. The zero-order chi connectivity index (χ0) is 12.6. The van der Waals surface area contributed by atoms with Gasteiger partial charge in [-0.05, 0) is 45.2 Å². The van der Waals surface area contributed by atoms with Crippen molar-refractivity contribution in [2.75, 3.05) is 32.4 Å². The molecular weight excluding hydrogens is 230 g/mol. The largest absolute Gasteiger partial charge is 0.480 e. The van der Waals surface area contributed by atoms with Crippen molar-refractivity contribution in [1.82, 2.24) is 4.90 Å². The zero-order valence-corrected chi connectivity index (χ0v) is 12.2. The summed E-state index contributed by atoms with van der Waals surface area (Å²) in [5.41, 5.74) is -0.761. The van der Waals surface area contributed by atoms with Gasteiger partial charge in [0.25, 0.3) is 0 Å². The molecule has 0 aliphatic heterocycles. The maximum absolute atomic E-state index is 11.1.